The predicted molar refractivity (Wildman–Crippen MR) is 50.9 cm³/mol. The summed E-state index contributed by atoms with van der Waals surface area (Å²) in [6.07, 6.45) is -10.0. The Labute approximate surface area is 104 Å². The Morgan fingerprint density at radius 3 is 1.68 bits per heavy atom. The minimum absolute atomic E-state index is 0.0102. The van der Waals surface area contributed by atoms with E-state index < -0.39 is 49.1 Å². The average molecular weight is 302 g/mol. The van der Waals surface area contributed by atoms with E-state index in [0.717, 1.165) is 6.92 Å². The first-order valence-corrected chi connectivity index (χ1v) is 5.27. The normalized spacial score (nSPS) is 19.1. The molecule has 0 aromatic heterocycles. The fourth-order valence-electron chi connectivity index (χ4n) is 1.57. The molecule has 116 valence electrons. The molecule has 0 amide bonds. The van der Waals surface area contributed by atoms with Gasteiger partial charge in [-0.15, -0.1) is 0 Å². The van der Waals surface area contributed by atoms with Gasteiger partial charge in [0.1, 0.15) is 0 Å². The molecule has 0 bridgehead atoms. The van der Waals surface area contributed by atoms with Crippen molar-refractivity contribution in [1.82, 2.24) is 0 Å². The van der Waals surface area contributed by atoms with Gasteiger partial charge in [-0.3, -0.25) is 4.39 Å². The Morgan fingerprint density at radius 1 is 1.00 bits per heavy atom. The van der Waals surface area contributed by atoms with Crippen molar-refractivity contribution >= 4 is 0 Å². The van der Waals surface area contributed by atoms with Crippen molar-refractivity contribution in [2.75, 3.05) is 6.67 Å². The van der Waals surface area contributed by atoms with Crippen molar-refractivity contribution in [2.45, 2.75) is 50.3 Å². The van der Waals surface area contributed by atoms with E-state index in [1.165, 1.54) is 0 Å². The van der Waals surface area contributed by atoms with Crippen LogP contribution in [0, 0.1) is 5.92 Å². The van der Waals surface area contributed by atoms with Gasteiger partial charge in [0.05, 0.1) is 13.1 Å². The lowest BCUT2D eigenvalue weighted by atomic mass is 9.83. The zero-order valence-electron chi connectivity index (χ0n) is 10.2. The van der Waals surface area contributed by atoms with Gasteiger partial charge in [-0.25, -0.2) is 17.6 Å². The second kappa shape index (κ2) is 5.41. The van der Waals surface area contributed by atoms with Gasteiger partial charge in [0.25, 0.3) is 11.8 Å². The van der Waals surface area contributed by atoms with Gasteiger partial charge in [-0.2, -0.15) is 13.2 Å². The fraction of sp³-hybridized carbons (Fsp3) is 1.00. The molecule has 0 aliphatic heterocycles. The third kappa shape index (κ3) is 4.47. The molecule has 19 heavy (non-hydrogen) atoms. The van der Waals surface area contributed by atoms with E-state index in [2.05, 4.69) is 0 Å². The average Bonchev–Trinajstić information content (AvgIpc) is 2.11. The summed E-state index contributed by atoms with van der Waals surface area (Å²) in [6, 6.07) is 0. The van der Waals surface area contributed by atoms with E-state index in [0.29, 0.717) is 0 Å². The van der Waals surface area contributed by atoms with Crippen LogP contribution in [0.3, 0.4) is 0 Å². The van der Waals surface area contributed by atoms with Crippen molar-refractivity contribution in [2.24, 2.45) is 5.92 Å². The lowest BCUT2D eigenvalue weighted by Crippen LogP contribution is -2.60. The number of hydrogen-bond donors (Lipinski definition) is 1. The van der Waals surface area contributed by atoms with Gasteiger partial charge in [-0.05, 0) is 19.3 Å². The second-order valence-corrected chi connectivity index (χ2v) is 4.77. The zero-order valence-corrected chi connectivity index (χ0v) is 10.2. The summed E-state index contributed by atoms with van der Waals surface area (Å²) in [4.78, 5) is 0. The molecule has 2 unspecified atom stereocenters. The van der Waals surface area contributed by atoms with Crippen LogP contribution in [0.4, 0.5) is 35.1 Å². The first kappa shape index (κ1) is 18.4. The highest BCUT2D eigenvalue weighted by atomic mass is 19.4. The second-order valence-electron chi connectivity index (χ2n) is 4.77. The molecule has 0 saturated heterocycles. The minimum atomic E-state index is -5.86. The van der Waals surface area contributed by atoms with E-state index in [4.69, 9.17) is 5.11 Å². The number of halogens is 8. The number of rotatable bonds is 6. The first-order valence-electron chi connectivity index (χ1n) is 5.27. The molecule has 0 spiro atoms. The lowest BCUT2D eigenvalue weighted by Gasteiger charge is -2.39. The van der Waals surface area contributed by atoms with Crippen LogP contribution >= 0.6 is 0 Å². The minimum Gasteiger partial charge on any atom is -0.376 e. The summed E-state index contributed by atoms with van der Waals surface area (Å²) in [5, 5.41) is 9.17. The predicted octanol–water partition coefficient (Wildman–Crippen LogP) is 3.96. The smallest absolute Gasteiger partial charge is 0.376 e. The molecule has 1 nitrogen and oxygen atoms in total. The maximum Gasteiger partial charge on any atom is 0.423 e. The van der Waals surface area contributed by atoms with Gasteiger partial charge < -0.3 is 5.11 Å². The summed E-state index contributed by atoms with van der Waals surface area (Å²) in [7, 11) is 0. The molecular formula is C10H14F8O. The van der Waals surface area contributed by atoms with Crippen LogP contribution in [0.25, 0.3) is 0 Å². The summed E-state index contributed by atoms with van der Waals surface area (Å²) in [5.41, 5.74) is -4.69. The molecule has 0 radical (unpaired) electrons. The molecule has 1 N–H and O–H groups in total. The van der Waals surface area contributed by atoms with Crippen molar-refractivity contribution in [1.29, 1.82) is 0 Å². The molecule has 0 rings (SSSR count). The maximum atomic E-state index is 13.4. The summed E-state index contributed by atoms with van der Waals surface area (Å²) < 4.78 is 102. The Bertz CT molecular complexity index is 295. The van der Waals surface area contributed by atoms with Crippen molar-refractivity contribution in [3.63, 3.8) is 0 Å². The van der Waals surface area contributed by atoms with E-state index in [-0.39, 0.29) is 6.92 Å². The lowest BCUT2D eigenvalue weighted by molar-refractivity contribution is -0.345. The number of alkyl halides is 8. The molecule has 2 atom stereocenters. The van der Waals surface area contributed by atoms with Crippen molar-refractivity contribution in [3.8, 4) is 0 Å². The molecule has 0 aliphatic rings. The van der Waals surface area contributed by atoms with Gasteiger partial charge in [-0.1, -0.05) is 6.92 Å². The highest BCUT2D eigenvalue weighted by Crippen LogP contribution is 2.49. The van der Waals surface area contributed by atoms with E-state index in [1.807, 2.05) is 0 Å². The third-order valence-electron chi connectivity index (χ3n) is 2.51. The Balaban J connectivity index is 5.47. The Morgan fingerprint density at radius 2 is 1.42 bits per heavy atom. The van der Waals surface area contributed by atoms with Crippen LogP contribution in [0.1, 0.15) is 26.7 Å². The van der Waals surface area contributed by atoms with Gasteiger partial charge >= 0.3 is 6.18 Å². The van der Waals surface area contributed by atoms with Crippen LogP contribution in [0.5, 0.6) is 0 Å². The zero-order chi connectivity index (χ0) is 15.7. The van der Waals surface area contributed by atoms with Gasteiger partial charge in [0, 0.05) is 0 Å². The van der Waals surface area contributed by atoms with Crippen LogP contribution < -0.4 is 0 Å². The van der Waals surface area contributed by atoms with Crippen molar-refractivity contribution in [3.05, 3.63) is 0 Å². The quantitative estimate of drug-likeness (QED) is 0.736. The first-order chi connectivity index (χ1) is 8.16. The van der Waals surface area contributed by atoms with Gasteiger partial charge in [0.2, 0.25) is 5.60 Å². The van der Waals surface area contributed by atoms with Crippen LogP contribution in [0.2, 0.25) is 0 Å². The highest BCUT2D eigenvalue weighted by Gasteiger charge is 2.70. The van der Waals surface area contributed by atoms with E-state index in [9.17, 15) is 35.1 Å². The topological polar surface area (TPSA) is 20.2 Å². The standard InChI is InChI=1S/C10H14F8O/c1-6(4-11)3-8(19,10(16,17)18)9(14,15)5-7(2,12)13/h6,19H,3-5H2,1-2H3. The molecule has 9 heteroatoms. The van der Waals surface area contributed by atoms with Crippen LogP contribution in [-0.4, -0.2) is 35.4 Å². The summed E-state index contributed by atoms with van der Waals surface area (Å²) in [6.45, 7) is -0.524. The van der Waals surface area contributed by atoms with Crippen molar-refractivity contribution < 1.29 is 40.2 Å². The number of aliphatic hydroxyl groups is 1. The largest absolute Gasteiger partial charge is 0.423 e. The number of hydrogen-bond acceptors (Lipinski definition) is 1. The SMILES string of the molecule is CC(CF)CC(O)(C(F)(F)F)C(F)(F)CC(C)(F)F. The van der Waals surface area contributed by atoms with Gasteiger partial charge in [0.15, 0.2) is 0 Å². The molecule has 0 aliphatic carbocycles. The summed E-state index contributed by atoms with van der Waals surface area (Å²) in [5.74, 6) is -10.8. The summed E-state index contributed by atoms with van der Waals surface area (Å²) >= 11 is 0. The molecule has 0 aromatic carbocycles. The fourth-order valence-corrected chi connectivity index (χ4v) is 1.57. The van der Waals surface area contributed by atoms with Crippen LogP contribution in [-0.2, 0) is 0 Å². The third-order valence-corrected chi connectivity index (χ3v) is 2.51. The maximum absolute atomic E-state index is 13.4. The molecule has 0 aromatic rings. The Hall–Kier alpha value is -0.600. The molecule has 0 fully saturated rings. The molecular weight excluding hydrogens is 288 g/mol. The molecule has 0 heterocycles. The van der Waals surface area contributed by atoms with Crippen LogP contribution in [0.15, 0.2) is 0 Å². The van der Waals surface area contributed by atoms with E-state index in [1.54, 1.807) is 0 Å². The monoisotopic (exact) mass is 302 g/mol. The molecule has 0 saturated carbocycles. The Kier molecular flexibility index (Phi) is 5.24. The highest BCUT2D eigenvalue weighted by molar-refractivity contribution is 5.01. The van der Waals surface area contributed by atoms with E-state index >= 15 is 0 Å².